The van der Waals surface area contributed by atoms with Crippen LogP contribution in [0.3, 0.4) is 0 Å². The number of hydrogen-bond donors (Lipinski definition) is 3. The van der Waals surface area contributed by atoms with Gasteiger partial charge in [-0.05, 0) is 19.9 Å². The van der Waals surface area contributed by atoms with Crippen molar-refractivity contribution in [3.05, 3.63) is 0 Å². The number of nitrogens with one attached hydrogen (secondary N) is 3. The average molecular weight is 157 g/mol. The molecule has 0 aromatic carbocycles. The Morgan fingerprint density at radius 2 is 2.36 bits per heavy atom. The van der Waals surface area contributed by atoms with Crippen LogP contribution in [-0.2, 0) is 0 Å². The Kier molecular flexibility index (Phi) is 2.70. The lowest BCUT2D eigenvalue weighted by Gasteiger charge is -2.16. The minimum atomic E-state index is -0.0921. The Bertz CT molecular complexity index is 149. The summed E-state index contributed by atoms with van der Waals surface area (Å²) in [5, 5.41) is 8.66. The van der Waals surface area contributed by atoms with Gasteiger partial charge in [0.15, 0.2) is 0 Å². The normalized spacial score (nSPS) is 30.0. The summed E-state index contributed by atoms with van der Waals surface area (Å²) in [6.07, 6.45) is 1.02. The number of rotatable bonds is 1. The molecule has 0 spiro atoms. The van der Waals surface area contributed by atoms with E-state index in [0.717, 1.165) is 13.0 Å². The van der Waals surface area contributed by atoms with Gasteiger partial charge in [0.1, 0.15) is 0 Å². The number of carbonyl (C=O) groups excluding carboxylic acids is 1. The summed E-state index contributed by atoms with van der Waals surface area (Å²) in [6.45, 7) is 3.07. The lowest BCUT2D eigenvalue weighted by molar-refractivity contribution is 0.238. The van der Waals surface area contributed by atoms with Gasteiger partial charge in [-0.2, -0.15) is 0 Å². The molecule has 2 unspecified atom stereocenters. The molecule has 2 atom stereocenters. The van der Waals surface area contributed by atoms with Gasteiger partial charge in [-0.15, -0.1) is 0 Å². The summed E-state index contributed by atoms with van der Waals surface area (Å²) in [4.78, 5) is 10.9. The smallest absolute Gasteiger partial charge is 0.314 e. The van der Waals surface area contributed by atoms with Crippen LogP contribution in [0, 0.1) is 0 Å². The van der Waals surface area contributed by atoms with Crippen LogP contribution >= 0.6 is 0 Å². The first-order valence-electron chi connectivity index (χ1n) is 3.95. The van der Waals surface area contributed by atoms with Crippen molar-refractivity contribution >= 4 is 6.03 Å². The van der Waals surface area contributed by atoms with Crippen molar-refractivity contribution in [3.63, 3.8) is 0 Å². The van der Waals surface area contributed by atoms with Crippen molar-refractivity contribution in [2.75, 3.05) is 13.6 Å². The van der Waals surface area contributed by atoms with Crippen LogP contribution in [0.2, 0.25) is 0 Å². The lowest BCUT2D eigenvalue weighted by atomic mass is 10.1. The lowest BCUT2D eigenvalue weighted by Crippen LogP contribution is -2.45. The Labute approximate surface area is 66.7 Å². The van der Waals surface area contributed by atoms with Crippen LogP contribution < -0.4 is 16.0 Å². The summed E-state index contributed by atoms with van der Waals surface area (Å²) in [5.74, 6) is 0. The molecule has 1 rings (SSSR count). The second-order valence-corrected chi connectivity index (χ2v) is 2.86. The third-order valence-corrected chi connectivity index (χ3v) is 2.07. The van der Waals surface area contributed by atoms with Crippen molar-refractivity contribution in [1.82, 2.24) is 16.0 Å². The Hall–Kier alpha value is -0.770. The summed E-state index contributed by atoms with van der Waals surface area (Å²) in [6, 6.07) is 0.591. The molecule has 4 heteroatoms. The second kappa shape index (κ2) is 3.57. The zero-order valence-electron chi connectivity index (χ0n) is 6.98. The summed E-state index contributed by atoms with van der Waals surface area (Å²) in [7, 11) is 1.63. The molecule has 0 aromatic heterocycles. The van der Waals surface area contributed by atoms with Gasteiger partial charge in [0.05, 0.1) is 0 Å². The van der Waals surface area contributed by atoms with Gasteiger partial charge in [0.2, 0.25) is 0 Å². The zero-order chi connectivity index (χ0) is 8.27. The van der Waals surface area contributed by atoms with Gasteiger partial charge in [0, 0.05) is 19.1 Å². The molecule has 2 amide bonds. The van der Waals surface area contributed by atoms with Gasteiger partial charge in [-0.1, -0.05) is 0 Å². The van der Waals surface area contributed by atoms with E-state index in [9.17, 15) is 4.79 Å². The molecule has 0 aliphatic carbocycles. The van der Waals surface area contributed by atoms with Crippen molar-refractivity contribution < 1.29 is 4.79 Å². The largest absolute Gasteiger partial charge is 0.341 e. The van der Waals surface area contributed by atoms with Crippen molar-refractivity contribution in [1.29, 1.82) is 0 Å². The van der Waals surface area contributed by atoms with Crippen molar-refractivity contribution in [2.45, 2.75) is 25.4 Å². The molecule has 64 valence electrons. The maximum atomic E-state index is 10.9. The predicted molar refractivity (Wildman–Crippen MR) is 43.5 cm³/mol. The third kappa shape index (κ3) is 2.08. The molecule has 0 bridgehead atoms. The van der Waals surface area contributed by atoms with Gasteiger partial charge >= 0.3 is 6.03 Å². The number of amides is 2. The SMILES string of the molecule is CNC(=O)NC1CCNC1C. The summed E-state index contributed by atoms with van der Waals surface area (Å²) < 4.78 is 0. The van der Waals surface area contributed by atoms with Crippen LogP contribution in [0.1, 0.15) is 13.3 Å². The highest BCUT2D eigenvalue weighted by Gasteiger charge is 2.23. The molecule has 3 N–H and O–H groups in total. The first kappa shape index (κ1) is 8.33. The van der Waals surface area contributed by atoms with E-state index in [2.05, 4.69) is 22.9 Å². The highest BCUT2D eigenvalue weighted by molar-refractivity contribution is 5.73. The highest BCUT2D eigenvalue weighted by Crippen LogP contribution is 2.04. The first-order chi connectivity index (χ1) is 5.24. The van der Waals surface area contributed by atoms with Gasteiger partial charge < -0.3 is 16.0 Å². The van der Waals surface area contributed by atoms with E-state index in [1.807, 2.05) is 0 Å². The topological polar surface area (TPSA) is 53.2 Å². The average Bonchev–Trinajstić information content (AvgIpc) is 2.37. The quantitative estimate of drug-likeness (QED) is 0.488. The minimum Gasteiger partial charge on any atom is -0.341 e. The standard InChI is InChI=1S/C7H15N3O/c1-5-6(3-4-9-5)10-7(11)8-2/h5-6,9H,3-4H2,1-2H3,(H2,8,10,11). The molecule has 1 aliphatic rings. The molecule has 11 heavy (non-hydrogen) atoms. The van der Waals surface area contributed by atoms with E-state index >= 15 is 0 Å². The van der Waals surface area contributed by atoms with E-state index in [1.165, 1.54) is 0 Å². The molecular formula is C7H15N3O. The van der Waals surface area contributed by atoms with Crippen molar-refractivity contribution in [2.24, 2.45) is 0 Å². The molecule has 1 heterocycles. The summed E-state index contributed by atoms with van der Waals surface area (Å²) in [5.41, 5.74) is 0. The van der Waals surface area contributed by atoms with Gasteiger partial charge in [-0.3, -0.25) is 0 Å². The first-order valence-corrected chi connectivity index (χ1v) is 3.95. The van der Waals surface area contributed by atoms with Crippen LogP contribution in [0.25, 0.3) is 0 Å². The summed E-state index contributed by atoms with van der Waals surface area (Å²) >= 11 is 0. The van der Waals surface area contributed by atoms with Crippen molar-refractivity contribution in [3.8, 4) is 0 Å². The molecule has 1 aliphatic heterocycles. The van der Waals surface area contributed by atoms with Crippen LogP contribution in [0.15, 0.2) is 0 Å². The molecule has 0 aromatic rings. The molecule has 0 radical (unpaired) electrons. The molecule has 4 nitrogen and oxygen atoms in total. The van der Waals surface area contributed by atoms with E-state index < -0.39 is 0 Å². The van der Waals surface area contributed by atoms with Gasteiger partial charge in [0.25, 0.3) is 0 Å². The van der Waals surface area contributed by atoms with Crippen LogP contribution in [0.5, 0.6) is 0 Å². The third-order valence-electron chi connectivity index (χ3n) is 2.07. The monoisotopic (exact) mass is 157 g/mol. The van der Waals surface area contributed by atoms with E-state index in [1.54, 1.807) is 7.05 Å². The Balaban J connectivity index is 2.30. The number of urea groups is 1. The predicted octanol–water partition coefficient (Wildman–Crippen LogP) is -0.334. The van der Waals surface area contributed by atoms with Gasteiger partial charge in [-0.25, -0.2) is 4.79 Å². The molecular weight excluding hydrogens is 142 g/mol. The number of hydrogen-bond acceptors (Lipinski definition) is 2. The highest BCUT2D eigenvalue weighted by atomic mass is 16.2. The fraction of sp³-hybridized carbons (Fsp3) is 0.857. The Morgan fingerprint density at radius 1 is 1.64 bits per heavy atom. The minimum absolute atomic E-state index is 0.0921. The fourth-order valence-corrected chi connectivity index (χ4v) is 1.30. The Morgan fingerprint density at radius 3 is 2.82 bits per heavy atom. The maximum absolute atomic E-state index is 10.9. The second-order valence-electron chi connectivity index (χ2n) is 2.86. The van der Waals surface area contributed by atoms with E-state index in [0.29, 0.717) is 6.04 Å². The molecule has 1 saturated heterocycles. The van der Waals surface area contributed by atoms with Crippen LogP contribution in [-0.4, -0.2) is 31.7 Å². The maximum Gasteiger partial charge on any atom is 0.314 e. The van der Waals surface area contributed by atoms with E-state index in [-0.39, 0.29) is 12.1 Å². The van der Waals surface area contributed by atoms with E-state index in [4.69, 9.17) is 0 Å². The molecule has 0 saturated carbocycles. The molecule has 1 fully saturated rings. The zero-order valence-corrected chi connectivity index (χ0v) is 6.98. The van der Waals surface area contributed by atoms with Crippen LogP contribution in [0.4, 0.5) is 4.79 Å². The fourth-order valence-electron chi connectivity index (χ4n) is 1.30. The number of carbonyl (C=O) groups is 1.